The zero-order valence-electron chi connectivity index (χ0n) is 17.8. The van der Waals surface area contributed by atoms with Crippen molar-refractivity contribution in [3.63, 3.8) is 0 Å². The van der Waals surface area contributed by atoms with E-state index in [1.54, 1.807) is 4.90 Å². The number of para-hydroxylation sites is 1. The summed E-state index contributed by atoms with van der Waals surface area (Å²) >= 11 is 0. The number of benzene rings is 2. The molecule has 0 saturated carbocycles. The van der Waals surface area contributed by atoms with Crippen LogP contribution in [0.15, 0.2) is 48.5 Å². The van der Waals surface area contributed by atoms with Gasteiger partial charge in [-0.25, -0.2) is 0 Å². The van der Waals surface area contributed by atoms with Gasteiger partial charge in [-0.3, -0.25) is 0 Å². The molecule has 2 aromatic rings. The highest BCUT2D eigenvalue weighted by Gasteiger charge is 2.24. The van der Waals surface area contributed by atoms with Crippen LogP contribution in [0.3, 0.4) is 0 Å². The molecular formula is C24H36N2O3+2. The Morgan fingerprint density at radius 3 is 2.21 bits per heavy atom. The van der Waals surface area contributed by atoms with Crippen LogP contribution in [0.1, 0.15) is 16.7 Å². The van der Waals surface area contributed by atoms with E-state index in [-0.39, 0.29) is 0 Å². The zero-order chi connectivity index (χ0) is 20.5. The van der Waals surface area contributed by atoms with Gasteiger partial charge in [0.2, 0.25) is 0 Å². The number of nitrogens with one attached hydrogen (secondary N) is 2. The Labute approximate surface area is 174 Å². The highest BCUT2D eigenvalue weighted by Crippen LogP contribution is 2.21. The van der Waals surface area contributed by atoms with Gasteiger partial charge in [-0.2, -0.15) is 0 Å². The summed E-state index contributed by atoms with van der Waals surface area (Å²) in [5, 5.41) is 10.3. The summed E-state index contributed by atoms with van der Waals surface area (Å²) in [6, 6.07) is 16.8. The molecule has 0 spiro atoms. The maximum absolute atomic E-state index is 10.3. The van der Waals surface area contributed by atoms with Gasteiger partial charge >= 0.3 is 0 Å². The third-order valence-corrected chi connectivity index (χ3v) is 5.68. The number of aliphatic hydroxyl groups is 1. The Kier molecular flexibility index (Phi) is 8.50. The van der Waals surface area contributed by atoms with Crippen molar-refractivity contribution in [2.24, 2.45) is 0 Å². The van der Waals surface area contributed by atoms with Crippen LogP contribution in [0.5, 0.6) is 5.75 Å². The van der Waals surface area contributed by atoms with Crippen molar-refractivity contribution < 1.29 is 24.4 Å². The van der Waals surface area contributed by atoms with Gasteiger partial charge in [-0.1, -0.05) is 48.5 Å². The molecule has 158 valence electrons. The number of hydrogen-bond donors (Lipinski definition) is 3. The fourth-order valence-electron chi connectivity index (χ4n) is 4.06. The van der Waals surface area contributed by atoms with Crippen LogP contribution in [0.2, 0.25) is 0 Å². The van der Waals surface area contributed by atoms with Crippen LogP contribution in [-0.4, -0.2) is 63.8 Å². The molecule has 2 aromatic carbocycles. The molecule has 5 heteroatoms. The highest BCUT2D eigenvalue weighted by atomic mass is 16.5. The minimum Gasteiger partial charge on any atom is -0.491 e. The third kappa shape index (κ3) is 7.12. The summed E-state index contributed by atoms with van der Waals surface area (Å²) in [7, 11) is 0. The van der Waals surface area contributed by atoms with E-state index in [0.29, 0.717) is 19.8 Å². The van der Waals surface area contributed by atoms with E-state index in [9.17, 15) is 5.11 Å². The van der Waals surface area contributed by atoms with Crippen molar-refractivity contribution in [3.05, 3.63) is 65.2 Å². The minimum absolute atomic E-state index is 0.375. The van der Waals surface area contributed by atoms with Gasteiger partial charge in [-0.15, -0.1) is 0 Å². The fourth-order valence-corrected chi connectivity index (χ4v) is 4.06. The molecule has 0 unspecified atom stereocenters. The molecule has 3 N–H and O–H groups in total. The Morgan fingerprint density at radius 1 is 0.862 bits per heavy atom. The number of ether oxygens (including phenoxy) is 2. The number of aliphatic hydroxyl groups excluding tert-OH is 1. The van der Waals surface area contributed by atoms with Crippen molar-refractivity contribution in [2.75, 3.05) is 52.5 Å². The largest absolute Gasteiger partial charge is 0.491 e. The number of quaternary nitrogens is 2. The maximum Gasteiger partial charge on any atom is 0.127 e. The first-order chi connectivity index (χ1) is 14.1. The SMILES string of the molecule is Cc1cccc(C)c1OCCOC[C@@H](O)C[NH+]1CC[NH+](Cc2ccccc2)CC1. The lowest BCUT2D eigenvalue weighted by atomic mass is 10.1. The first-order valence-electron chi connectivity index (χ1n) is 10.8. The lowest BCUT2D eigenvalue weighted by Crippen LogP contribution is -3.28. The standard InChI is InChI=1S/C24H34N2O3/c1-20-7-6-8-21(2)24(20)29-16-15-28-19-23(27)18-26-13-11-25(12-14-26)17-22-9-4-3-5-10-22/h3-10,23,27H,11-19H2,1-2H3/p+2/t23-/m0/s1. The van der Waals surface area contributed by atoms with E-state index in [1.807, 2.05) is 6.07 Å². The Bertz CT molecular complexity index is 710. The van der Waals surface area contributed by atoms with Crippen molar-refractivity contribution in [3.8, 4) is 5.75 Å². The maximum atomic E-state index is 10.3. The van der Waals surface area contributed by atoms with Crippen LogP contribution < -0.4 is 14.5 Å². The Hall–Kier alpha value is -1.92. The molecule has 0 amide bonds. The van der Waals surface area contributed by atoms with Gasteiger partial charge < -0.3 is 24.4 Å². The quantitative estimate of drug-likeness (QED) is 0.494. The normalized spacial score (nSPS) is 20.4. The number of hydrogen-bond acceptors (Lipinski definition) is 3. The Balaban J connectivity index is 1.27. The van der Waals surface area contributed by atoms with Crippen molar-refractivity contribution in [1.29, 1.82) is 0 Å². The van der Waals surface area contributed by atoms with Crippen LogP contribution >= 0.6 is 0 Å². The summed E-state index contributed by atoms with van der Waals surface area (Å²) < 4.78 is 11.5. The number of aryl methyl sites for hydroxylation is 2. The van der Waals surface area contributed by atoms with E-state index < -0.39 is 6.10 Å². The lowest BCUT2D eigenvalue weighted by molar-refractivity contribution is -1.02. The molecule has 1 saturated heterocycles. The predicted molar refractivity (Wildman–Crippen MR) is 115 cm³/mol. The second-order valence-electron chi connectivity index (χ2n) is 8.16. The molecule has 1 aliphatic rings. The third-order valence-electron chi connectivity index (χ3n) is 5.68. The molecule has 0 aromatic heterocycles. The van der Waals surface area contributed by atoms with Gasteiger partial charge in [-0.05, 0) is 25.0 Å². The first-order valence-corrected chi connectivity index (χ1v) is 10.8. The summed E-state index contributed by atoms with van der Waals surface area (Å²) in [5.74, 6) is 0.942. The summed E-state index contributed by atoms with van der Waals surface area (Å²) in [6.07, 6.45) is -0.416. The van der Waals surface area contributed by atoms with Crippen LogP contribution in [-0.2, 0) is 11.3 Å². The van der Waals surface area contributed by atoms with E-state index >= 15 is 0 Å². The van der Waals surface area contributed by atoms with E-state index in [2.05, 4.69) is 56.3 Å². The van der Waals surface area contributed by atoms with Crippen molar-refractivity contribution >= 4 is 0 Å². The van der Waals surface area contributed by atoms with Crippen LogP contribution in [0.25, 0.3) is 0 Å². The predicted octanol–water partition coefficient (Wildman–Crippen LogP) is 0.0433. The number of rotatable bonds is 10. The van der Waals surface area contributed by atoms with Crippen molar-refractivity contribution in [1.82, 2.24) is 0 Å². The smallest absolute Gasteiger partial charge is 0.127 e. The van der Waals surface area contributed by atoms with Gasteiger partial charge in [0.25, 0.3) is 0 Å². The van der Waals surface area contributed by atoms with Gasteiger partial charge in [0, 0.05) is 5.56 Å². The monoisotopic (exact) mass is 400 g/mol. The topological polar surface area (TPSA) is 47.6 Å². The average Bonchev–Trinajstić information content (AvgIpc) is 2.72. The molecule has 5 nitrogen and oxygen atoms in total. The summed E-state index contributed by atoms with van der Waals surface area (Å²) in [5.41, 5.74) is 3.69. The molecule has 1 heterocycles. The van der Waals surface area contributed by atoms with Gasteiger partial charge in [0.1, 0.15) is 57.7 Å². The molecule has 3 rings (SSSR count). The van der Waals surface area contributed by atoms with E-state index in [0.717, 1.165) is 56.1 Å². The second-order valence-corrected chi connectivity index (χ2v) is 8.16. The van der Waals surface area contributed by atoms with Crippen LogP contribution in [0, 0.1) is 13.8 Å². The molecule has 0 bridgehead atoms. The highest BCUT2D eigenvalue weighted by molar-refractivity contribution is 5.39. The lowest BCUT2D eigenvalue weighted by Gasteiger charge is -2.30. The van der Waals surface area contributed by atoms with Gasteiger partial charge in [0.05, 0.1) is 13.2 Å². The minimum atomic E-state index is -0.416. The zero-order valence-corrected chi connectivity index (χ0v) is 17.8. The Morgan fingerprint density at radius 2 is 1.52 bits per heavy atom. The number of piperazine rings is 1. The van der Waals surface area contributed by atoms with Crippen LogP contribution in [0.4, 0.5) is 0 Å². The molecular weight excluding hydrogens is 364 g/mol. The molecule has 29 heavy (non-hydrogen) atoms. The van der Waals surface area contributed by atoms with Gasteiger partial charge in [0.15, 0.2) is 0 Å². The average molecular weight is 401 g/mol. The van der Waals surface area contributed by atoms with E-state index in [1.165, 1.54) is 10.5 Å². The molecule has 1 fully saturated rings. The van der Waals surface area contributed by atoms with Crippen molar-refractivity contribution in [2.45, 2.75) is 26.5 Å². The summed E-state index contributed by atoms with van der Waals surface area (Å²) in [4.78, 5) is 3.11. The molecule has 1 atom stereocenters. The van der Waals surface area contributed by atoms with E-state index in [4.69, 9.17) is 9.47 Å². The molecule has 1 aliphatic heterocycles. The fraction of sp³-hybridized carbons (Fsp3) is 0.500. The molecule has 0 aliphatic carbocycles. The summed E-state index contributed by atoms with van der Waals surface area (Å²) in [6.45, 7) is 11.9. The second kappa shape index (κ2) is 11.3. The first kappa shape index (κ1) is 21.8. The molecule has 0 radical (unpaired) electrons.